The molecule has 1 aromatic carbocycles. The maximum atomic E-state index is 12.8. The second kappa shape index (κ2) is 7.16. The number of nitrogens with one attached hydrogen (secondary N) is 2. The number of hydrogen-bond donors (Lipinski definition) is 3. The van der Waals surface area contributed by atoms with Crippen molar-refractivity contribution < 1.29 is 18.6 Å². The lowest BCUT2D eigenvalue weighted by Gasteiger charge is -2.34. The van der Waals surface area contributed by atoms with Gasteiger partial charge in [0.25, 0.3) is 0 Å². The van der Waals surface area contributed by atoms with Crippen molar-refractivity contribution in [3.05, 3.63) is 16.6 Å². The predicted octanol–water partition coefficient (Wildman–Crippen LogP) is 1.92. The van der Waals surface area contributed by atoms with Gasteiger partial charge in [-0.3, -0.25) is 0 Å². The fraction of sp³-hybridized carbons (Fsp3) is 0.500. The summed E-state index contributed by atoms with van der Waals surface area (Å²) in [6.45, 7) is -0.0616. The van der Waals surface area contributed by atoms with Crippen LogP contribution in [0.4, 0.5) is 10.1 Å². The Labute approximate surface area is 147 Å². The Morgan fingerprint density at radius 2 is 2.26 bits per heavy atom. The molecule has 0 radical (unpaired) electrons. The van der Waals surface area contributed by atoms with Crippen LogP contribution in [-0.4, -0.2) is 43.4 Å². The molecule has 0 amide bonds. The second-order valence-electron chi connectivity index (χ2n) is 5.37. The fourth-order valence-corrected chi connectivity index (χ4v) is 3.21. The fourth-order valence-electron chi connectivity index (χ4n) is 2.55. The lowest BCUT2D eigenvalue weighted by molar-refractivity contribution is -0.0188. The molecule has 0 aromatic heterocycles. The summed E-state index contributed by atoms with van der Waals surface area (Å²) in [7, 11) is 0. The van der Waals surface area contributed by atoms with Gasteiger partial charge in [-0.2, -0.15) is 0 Å². The molecule has 2 aliphatic heterocycles. The topological polar surface area (TPSA) is 77.8 Å². The molecule has 0 bridgehead atoms. The molecule has 0 unspecified atom stereocenters. The molecule has 0 saturated carbocycles. The average Bonchev–Trinajstić information content (AvgIpc) is 3.01. The van der Waals surface area contributed by atoms with Gasteiger partial charge < -0.3 is 30.6 Å². The van der Waals surface area contributed by atoms with Crippen molar-refractivity contribution in [2.75, 3.05) is 25.4 Å². The Hall–Kier alpha value is -1.16. The summed E-state index contributed by atoms with van der Waals surface area (Å²) in [5.74, 6) is 1.25. The predicted molar refractivity (Wildman–Crippen MR) is 91.7 cm³/mol. The molecule has 1 fully saturated rings. The van der Waals surface area contributed by atoms with Gasteiger partial charge in [-0.15, -0.1) is 0 Å². The van der Waals surface area contributed by atoms with Crippen LogP contribution in [0.2, 0.25) is 0 Å². The van der Waals surface area contributed by atoms with Crippen molar-refractivity contribution in [3.8, 4) is 11.5 Å². The highest BCUT2D eigenvalue weighted by molar-refractivity contribution is 9.10. The average molecular weight is 406 g/mol. The number of fused-ring (bicyclic) bond motifs is 1. The molecule has 0 aliphatic carbocycles. The molecule has 3 rings (SSSR count). The van der Waals surface area contributed by atoms with E-state index in [9.17, 15) is 4.39 Å². The van der Waals surface area contributed by atoms with Crippen LogP contribution in [0.15, 0.2) is 16.6 Å². The minimum absolute atomic E-state index is 0.155. The normalized spacial score (nSPS) is 26.0. The number of ether oxygens (including phenoxy) is 3. The molecule has 2 heterocycles. The first kappa shape index (κ1) is 16.7. The van der Waals surface area contributed by atoms with Gasteiger partial charge in [0.15, 0.2) is 16.6 Å². The number of halogens is 2. The van der Waals surface area contributed by atoms with Crippen molar-refractivity contribution in [1.82, 2.24) is 5.32 Å². The van der Waals surface area contributed by atoms with Crippen molar-refractivity contribution in [1.29, 1.82) is 0 Å². The van der Waals surface area contributed by atoms with Gasteiger partial charge in [-0.25, -0.2) is 4.39 Å². The van der Waals surface area contributed by atoms with Gasteiger partial charge in [0.1, 0.15) is 12.4 Å². The Kier molecular flexibility index (Phi) is 5.20. The van der Waals surface area contributed by atoms with Gasteiger partial charge in [-0.1, -0.05) is 0 Å². The van der Waals surface area contributed by atoms with Crippen LogP contribution in [0, 0.1) is 0 Å². The molecule has 6 nitrogen and oxygen atoms in total. The van der Waals surface area contributed by atoms with Gasteiger partial charge in [0.2, 0.25) is 6.79 Å². The molecule has 2 aliphatic rings. The van der Waals surface area contributed by atoms with E-state index >= 15 is 0 Å². The molecule has 9 heteroatoms. The van der Waals surface area contributed by atoms with Crippen LogP contribution in [0.25, 0.3) is 0 Å². The van der Waals surface area contributed by atoms with Gasteiger partial charge >= 0.3 is 0 Å². The third-order valence-corrected chi connectivity index (χ3v) is 4.65. The van der Waals surface area contributed by atoms with Crippen LogP contribution in [-0.2, 0) is 4.74 Å². The number of benzene rings is 1. The Morgan fingerprint density at radius 1 is 1.43 bits per heavy atom. The maximum Gasteiger partial charge on any atom is 0.231 e. The monoisotopic (exact) mass is 405 g/mol. The van der Waals surface area contributed by atoms with Crippen LogP contribution in [0.5, 0.6) is 11.5 Å². The van der Waals surface area contributed by atoms with E-state index in [1.165, 1.54) is 0 Å². The number of alkyl halides is 1. The lowest BCUT2D eigenvalue weighted by atomic mass is 10.00. The van der Waals surface area contributed by atoms with Crippen molar-refractivity contribution in [2.24, 2.45) is 5.73 Å². The van der Waals surface area contributed by atoms with E-state index in [0.717, 1.165) is 4.47 Å². The Morgan fingerprint density at radius 3 is 3.04 bits per heavy atom. The first-order valence-corrected chi connectivity index (χ1v) is 8.37. The summed E-state index contributed by atoms with van der Waals surface area (Å²) < 4.78 is 29.7. The summed E-state index contributed by atoms with van der Waals surface area (Å²) in [6, 6.07) is 3.26. The highest BCUT2D eigenvalue weighted by Gasteiger charge is 2.30. The lowest BCUT2D eigenvalue weighted by Crippen LogP contribution is -2.56. The van der Waals surface area contributed by atoms with Crippen molar-refractivity contribution >= 4 is 38.9 Å². The summed E-state index contributed by atoms with van der Waals surface area (Å²) in [6.07, 6.45) is 0.0206. The van der Waals surface area contributed by atoms with Gasteiger partial charge in [0, 0.05) is 16.6 Å². The number of thiocarbonyl (C=S) groups is 1. The molecule has 0 spiro atoms. The molecular formula is C14H17BrFN3O3S. The zero-order valence-electron chi connectivity index (χ0n) is 12.2. The summed E-state index contributed by atoms with van der Waals surface area (Å²) >= 11 is 8.80. The standard InChI is InChI=1S/C14H17BrFN3O3S/c15-8-1-2-11-13(22-6-21-11)12(8)19-14(23)18-10-3-7(4-16)20-5-9(10)17/h1-2,7,9-10H,3-6,17H2,(H2,18,19,23)/t7-,9+,10-/m1/s1. The minimum atomic E-state index is -0.534. The molecule has 3 atom stereocenters. The smallest absolute Gasteiger partial charge is 0.231 e. The van der Waals surface area contributed by atoms with Crippen molar-refractivity contribution in [3.63, 3.8) is 0 Å². The van der Waals surface area contributed by atoms with Crippen LogP contribution in [0.3, 0.4) is 0 Å². The molecule has 1 aromatic rings. The van der Waals surface area contributed by atoms with Crippen LogP contribution in [0.1, 0.15) is 6.42 Å². The third-order valence-electron chi connectivity index (χ3n) is 3.77. The summed E-state index contributed by atoms with van der Waals surface area (Å²) in [4.78, 5) is 0. The number of anilines is 1. The van der Waals surface area contributed by atoms with Gasteiger partial charge in [-0.05, 0) is 46.7 Å². The SMILES string of the molecule is N[C@H]1CO[C@@H](CF)C[C@H]1NC(=S)Nc1c(Br)ccc2c1OCO2. The Bertz CT molecular complexity index is 607. The maximum absolute atomic E-state index is 12.8. The first-order chi connectivity index (χ1) is 11.1. The molecule has 4 N–H and O–H groups in total. The highest BCUT2D eigenvalue weighted by atomic mass is 79.9. The number of hydrogen-bond acceptors (Lipinski definition) is 5. The zero-order chi connectivity index (χ0) is 16.4. The zero-order valence-corrected chi connectivity index (χ0v) is 14.6. The van der Waals surface area contributed by atoms with Gasteiger partial charge in [0.05, 0.1) is 12.7 Å². The molecular weight excluding hydrogens is 389 g/mol. The summed E-state index contributed by atoms with van der Waals surface area (Å²) in [5.41, 5.74) is 6.69. The van der Waals surface area contributed by atoms with Crippen LogP contribution < -0.4 is 25.8 Å². The third kappa shape index (κ3) is 3.68. The number of nitrogens with two attached hydrogens (primary N) is 1. The Balaban J connectivity index is 1.67. The summed E-state index contributed by atoms with van der Waals surface area (Å²) in [5, 5.41) is 6.60. The van der Waals surface area contributed by atoms with E-state index in [4.69, 9.17) is 32.2 Å². The highest BCUT2D eigenvalue weighted by Crippen LogP contribution is 2.43. The van der Waals surface area contributed by atoms with E-state index in [1.54, 1.807) is 0 Å². The van der Waals surface area contributed by atoms with E-state index in [0.29, 0.717) is 35.3 Å². The minimum Gasteiger partial charge on any atom is -0.454 e. The van der Waals surface area contributed by atoms with E-state index in [2.05, 4.69) is 26.6 Å². The van der Waals surface area contributed by atoms with Crippen molar-refractivity contribution in [2.45, 2.75) is 24.6 Å². The molecule has 126 valence electrons. The largest absolute Gasteiger partial charge is 0.454 e. The quantitative estimate of drug-likeness (QED) is 0.662. The molecule has 23 heavy (non-hydrogen) atoms. The van der Waals surface area contributed by atoms with E-state index in [-0.39, 0.29) is 18.9 Å². The molecule has 1 saturated heterocycles. The van der Waals surface area contributed by atoms with Crippen LogP contribution >= 0.6 is 28.1 Å². The number of rotatable bonds is 3. The first-order valence-electron chi connectivity index (χ1n) is 7.17. The second-order valence-corrected chi connectivity index (χ2v) is 6.63. The van der Waals surface area contributed by atoms with E-state index in [1.807, 2.05) is 12.1 Å². The van der Waals surface area contributed by atoms with E-state index < -0.39 is 12.8 Å².